The molecule has 1 aliphatic heterocycles. The number of anilines is 1. The van der Waals surface area contributed by atoms with E-state index in [1.54, 1.807) is 35.9 Å². The molecule has 8 nitrogen and oxygen atoms in total. The van der Waals surface area contributed by atoms with E-state index in [2.05, 4.69) is 10.4 Å². The van der Waals surface area contributed by atoms with Crippen LogP contribution in [0.2, 0.25) is 0 Å². The van der Waals surface area contributed by atoms with E-state index < -0.39 is 15.7 Å². The number of hydrogen-bond donors (Lipinski definition) is 2. The zero-order valence-electron chi connectivity index (χ0n) is 15.2. The minimum atomic E-state index is -3.02. The molecule has 27 heavy (non-hydrogen) atoms. The predicted molar refractivity (Wildman–Crippen MR) is 101 cm³/mol. The topological polar surface area (TPSA) is 124 Å². The van der Waals surface area contributed by atoms with E-state index in [1.807, 2.05) is 6.92 Å². The van der Waals surface area contributed by atoms with E-state index in [0.717, 1.165) is 11.3 Å². The second kappa shape index (κ2) is 7.15. The van der Waals surface area contributed by atoms with Gasteiger partial charge in [0, 0.05) is 11.3 Å². The Morgan fingerprint density at radius 3 is 2.63 bits per heavy atom. The van der Waals surface area contributed by atoms with Crippen LogP contribution >= 0.6 is 0 Å². The Labute approximate surface area is 157 Å². The van der Waals surface area contributed by atoms with Gasteiger partial charge in [0.25, 0.3) is 5.91 Å². The van der Waals surface area contributed by atoms with Gasteiger partial charge in [-0.1, -0.05) is 12.1 Å². The van der Waals surface area contributed by atoms with Crippen LogP contribution < -0.4 is 11.1 Å². The van der Waals surface area contributed by atoms with Gasteiger partial charge >= 0.3 is 0 Å². The Bertz CT molecular complexity index is 1010. The van der Waals surface area contributed by atoms with E-state index >= 15 is 0 Å². The third kappa shape index (κ3) is 4.02. The van der Waals surface area contributed by atoms with Crippen molar-refractivity contribution in [3.8, 4) is 0 Å². The van der Waals surface area contributed by atoms with Crippen LogP contribution in [-0.4, -0.2) is 41.5 Å². The first-order valence-corrected chi connectivity index (χ1v) is 10.4. The summed E-state index contributed by atoms with van der Waals surface area (Å²) in [7, 11) is -3.02. The number of benzene rings is 1. The minimum absolute atomic E-state index is 0.0736. The highest BCUT2D eigenvalue weighted by molar-refractivity contribution is 7.91. The minimum Gasteiger partial charge on any atom is -0.366 e. The van der Waals surface area contributed by atoms with Crippen molar-refractivity contribution in [1.29, 1.82) is 0 Å². The van der Waals surface area contributed by atoms with E-state index in [0.29, 0.717) is 17.8 Å². The molecule has 1 saturated heterocycles. The molecule has 3 N–H and O–H groups in total. The Hall–Kier alpha value is -2.68. The normalized spacial score (nSPS) is 18.4. The van der Waals surface area contributed by atoms with E-state index in [1.165, 1.54) is 0 Å². The van der Waals surface area contributed by atoms with E-state index in [4.69, 9.17) is 5.73 Å². The molecule has 2 amide bonds. The number of carbonyl (C=O) groups excluding carboxylic acids is 2. The summed E-state index contributed by atoms with van der Waals surface area (Å²) < 4.78 is 25.2. The van der Waals surface area contributed by atoms with Gasteiger partial charge in [-0.2, -0.15) is 5.10 Å². The van der Waals surface area contributed by atoms with Crippen LogP contribution in [0, 0.1) is 13.8 Å². The predicted octanol–water partition coefficient (Wildman–Crippen LogP) is 1.14. The summed E-state index contributed by atoms with van der Waals surface area (Å²) in [6.45, 7) is 3.64. The van der Waals surface area contributed by atoms with Crippen molar-refractivity contribution in [1.82, 2.24) is 9.78 Å². The first-order chi connectivity index (χ1) is 12.7. The summed E-state index contributed by atoms with van der Waals surface area (Å²) in [6.07, 6.45) is 0.603. The van der Waals surface area contributed by atoms with Gasteiger partial charge < -0.3 is 11.1 Å². The average molecular weight is 390 g/mol. The number of hydrogen-bond acceptors (Lipinski definition) is 5. The highest BCUT2D eigenvalue weighted by Crippen LogP contribution is 2.27. The van der Waals surface area contributed by atoms with Crippen molar-refractivity contribution < 1.29 is 18.0 Å². The molecule has 0 bridgehead atoms. The summed E-state index contributed by atoms with van der Waals surface area (Å²) in [5.41, 5.74) is 8.17. The highest BCUT2D eigenvalue weighted by atomic mass is 32.2. The van der Waals surface area contributed by atoms with Crippen LogP contribution in [0.4, 0.5) is 5.69 Å². The molecule has 2 heterocycles. The van der Waals surface area contributed by atoms with Crippen molar-refractivity contribution in [3.05, 3.63) is 46.8 Å². The number of aryl methyl sites for hydroxylation is 1. The van der Waals surface area contributed by atoms with Crippen LogP contribution in [0.15, 0.2) is 24.3 Å². The molecular formula is C18H22N4O4S. The number of rotatable bonds is 5. The van der Waals surface area contributed by atoms with Crippen LogP contribution in [0.25, 0.3) is 0 Å². The van der Waals surface area contributed by atoms with Gasteiger partial charge in [0.05, 0.1) is 40.9 Å². The van der Waals surface area contributed by atoms with Gasteiger partial charge in [0.15, 0.2) is 9.84 Å². The maximum Gasteiger partial charge on any atom is 0.250 e. The molecule has 2 aromatic rings. The number of nitrogens with zero attached hydrogens (tertiary/aromatic N) is 2. The molecule has 0 spiro atoms. The largest absolute Gasteiger partial charge is 0.366 e. The molecule has 1 fully saturated rings. The number of nitrogens with one attached hydrogen (secondary N) is 1. The number of sulfone groups is 1. The van der Waals surface area contributed by atoms with E-state index in [-0.39, 0.29) is 35.4 Å². The molecule has 0 aliphatic carbocycles. The van der Waals surface area contributed by atoms with Crippen molar-refractivity contribution >= 4 is 27.3 Å². The quantitative estimate of drug-likeness (QED) is 0.792. The molecule has 144 valence electrons. The van der Waals surface area contributed by atoms with Crippen molar-refractivity contribution in [2.45, 2.75) is 32.7 Å². The van der Waals surface area contributed by atoms with Gasteiger partial charge in [0.1, 0.15) is 0 Å². The molecule has 1 aromatic heterocycles. The fraction of sp³-hybridized carbons (Fsp3) is 0.389. The maximum absolute atomic E-state index is 12.5. The fourth-order valence-corrected chi connectivity index (χ4v) is 5.13. The molecular weight excluding hydrogens is 368 g/mol. The smallest absolute Gasteiger partial charge is 0.250 e. The lowest BCUT2D eigenvalue weighted by molar-refractivity contribution is -0.115. The Morgan fingerprint density at radius 2 is 2.00 bits per heavy atom. The van der Waals surface area contributed by atoms with Crippen LogP contribution in [0.5, 0.6) is 0 Å². The lowest BCUT2D eigenvalue weighted by Gasteiger charge is -2.12. The molecule has 1 aliphatic rings. The highest BCUT2D eigenvalue weighted by Gasteiger charge is 2.31. The van der Waals surface area contributed by atoms with Gasteiger partial charge in [-0.15, -0.1) is 0 Å². The maximum atomic E-state index is 12.5. The first-order valence-electron chi connectivity index (χ1n) is 8.61. The van der Waals surface area contributed by atoms with Crippen LogP contribution in [0.1, 0.15) is 39.8 Å². The summed E-state index contributed by atoms with van der Waals surface area (Å²) in [5, 5.41) is 7.18. The molecule has 9 heteroatoms. The van der Waals surface area contributed by atoms with Crippen molar-refractivity contribution in [2.75, 3.05) is 16.8 Å². The summed E-state index contributed by atoms with van der Waals surface area (Å²) in [6, 6.07) is 6.35. The second-order valence-electron chi connectivity index (χ2n) is 6.79. The molecule has 1 atom stereocenters. The lowest BCUT2D eigenvalue weighted by atomic mass is 10.1. The molecule has 1 aromatic carbocycles. The van der Waals surface area contributed by atoms with Crippen LogP contribution in [-0.2, 0) is 21.1 Å². The number of nitrogens with two attached hydrogens (primary N) is 1. The van der Waals surface area contributed by atoms with Gasteiger partial charge in [-0.25, -0.2) is 8.42 Å². The van der Waals surface area contributed by atoms with Gasteiger partial charge in [0.2, 0.25) is 5.91 Å². The van der Waals surface area contributed by atoms with Crippen LogP contribution in [0.3, 0.4) is 0 Å². The molecule has 0 radical (unpaired) electrons. The number of carbonyl (C=O) groups is 2. The van der Waals surface area contributed by atoms with E-state index in [9.17, 15) is 18.0 Å². The average Bonchev–Trinajstić information content (AvgIpc) is 3.08. The van der Waals surface area contributed by atoms with Gasteiger partial charge in [-0.05, 0) is 32.4 Å². The lowest BCUT2D eigenvalue weighted by Crippen LogP contribution is -2.20. The zero-order chi connectivity index (χ0) is 19.8. The summed E-state index contributed by atoms with van der Waals surface area (Å²) in [4.78, 5) is 24.0. The summed E-state index contributed by atoms with van der Waals surface area (Å²) in [5.74, 6) is -0.676. The Balaban J connectivity index is 1.79. The fourth-order valence-electron chi connectivity index (χ4n) is 3.44. The zero-order valence-corrected chi connectivity index (χ0v) is 16.0. The number of para-hydroxylation sites is 1. The number of primary amides is 1. The van der Waals surface area contributed by atoms with Crippen molar-refractivity contribution in [3.63, 3.8) is 0 Å². The number of aromatic nitrogens is 2. The number of amides is 2. The molecule has 3 rings (SSSR count). The Morgan fingerprint density at radius 1 is 1.30 bits per heavy atom. The SMILES string of the molecule is Cc1nn([C@H]2CCS(=O)(=O)C2)c(C)c1CC(=O)Nc1ccccc1C(N)=O. The first kappa shape index (κ1) is 19.1. The second-order valence-corrected chi connectivity index (χ2v) is 9.01. The van der Waals surface area contributed by atoms with Gasteiger partial charge in [-0.3, -0.25) is 14.3 Å². The molecule has 0 saturated carbocycles. The van der Waals surface area contributed by atoms with Crippen molar-refractivity contribution in [2.24, 2.45) is 5.73 Å². The third-order valence-corrected chi connectivity index (χ3v) is 6.58. The monoisotopic (exact) mass is 390 g/mol. The summed E-state index contributed by atoms with van der Waals surface area (Å²) >= 11 is 0. The third-order valence-electron chi connectivity index (χ3n) is 4.83. The Kier molecular flexibility index (Phi) is 5.05. The molecule has 0 unspecified atom stereocenters. The standard InChI is InChI=1S/C18H22N4O4S/c1-11-15(12(2)22(21-11)13-7-8-27(25,26)10-13)9-17(23)20-16-6-4-3-5-14(16)18(19)24/h3-6,13H,7-10H2,1-2H3,(H2,19,24)(H,20,23)/t13-/m0/s1.